The third-order valence-electron chi connectivity index (χ3n) is 3.75. The van der Waals surface area contributed by atoms with Crippen LogP contribution in [0.4, 0.5) is 0 Å². The molecule has 0 fully saturated rings. The second-order valence-electron chi connectivity index (χ2n) is 6.42. The minimum absolute atomic E-state index is 0.536. The number of nitrogens with zero attached hydrogens (tertiary/aromatic N) is 2. The molecule has 2 aromatic rings. The molecular weight excluding hydrogens is 310 g/mol. The van der Waals surface area contributed by atoms with Crippen LogP contribution in [0.5, 0.6) is 5.75 Å². The number of nitriles is 1. The van der Waals surface area contributed by atoms with Crippen molar-refractivity contribution in [3.05, 3.63) is 65.2 Å². The Morgan fingerprint density at radius 3 is 2.40 bits per heavy atom. The highest BCUT2D eigenvalue weighted by Crippen LogP contribution is 2.14. The zero-order chi connectivity index (χ0) is 17.9. The molecule has 0 bridgehead atoms. The highest BCUT2D eigenvalue weighted by molar-refractivity contribution is 5.28. The number of ether oxygens (including phenoxy) is 1. The summed E-state index contributed by atoms with van der Waals surface area (Å²) in [6.07, 6.45) is 1.30. The van der Waals surface area contributed by atoms with Gasteiger partial charge in [0.15, 0.2) is 0 Å². The molecule has 0 radical (unpaired) electrons. The molecule has 0 aliphatic rings. The maximum Gasteiger partial charge on any atom is 0.119 e. The second-order valence-corrected chi connectivity index (χ2v) is 6.42. The second kappa shape index (κ2) is 10.5. The Bertz CT molecular complexity index is 692. The van der Waals surface area contributed by atoms with E-state index in [-0.39, 0.29) is 0 Å². The van der Waals surface area contributed by atoms with Crippen LogP contribution in [-0.2, 0) is 19.6 Å². The summed E-state index contributed by atoms with van der Waals surface area (Å²) >= 11 is 0. The van der Waals surface area contributed by atoms with E-state index in [0.29, 0.717) is 13.0 Å². The van der Waals surface area contributed by atoms with Gasteiger partial charge in [0.1, 0.15) is 5.75 Å². The summed E-state index contributed by atoms with van der Waals surface area (Å²) in [6, 6.07) is 18.9. The molecule has 0 amide bonds. The third kappa shape index (κ3) is 7.38. The van der Waals surface area contributed by atoms with E-state index in [1.54, 1.807) is 0 Å². The van der Waals surface area contributed by atoms with Gasteiger partial charge >= 0.3 is 0 Å². The maximum atomic E-state index is 8.54. The molecule has 0 heterocycles. The molecule has 0 aliphatic carbocycles. The van der Waals surface area contributed by atoms with Gasteiger partial charge in [0.25, 0.3) is 0 Å². The highest BCUT2D eigenvalue weighted by Gasteiger charge is 2.00. The van der Waals surface area contributed by atoms with E-state index in [1.807, 2.05) is 12.1 Å². The average molecular weight is 337 g/mol. The molecule has 0 aliphatic heterocycles. The molecule has 4 heteroatoms. The largest absolute Gasteiger partial charge is 0.494 e. The Labute approximate surface area is 151 Å². The number of nitrogens with one attached hydrogen (secondary N) is 1. The van der Waals surface area contributed by atoms with E-state index in [4.69, 9.17) is 10.00 Å². The lowest BCUT2D eigenvalue weighted by Gasteiger charge is -2.12. The number of rotatable bonds is 10. The number of hydrogen-bond donors (Lipinski definition) is 1. The first-order valence-electron chi connectivity index (χ1n) is 8.69. The third-order valence-corrected chi connectivity index (χ3v) is 3.75. The van der Waals surface area contributed by atoms with E-state index >= 15 is 0 Å². The fourth-order valence-electron chi connectivity index (χ4n) is 2.64. The van der Waals surface area contributed by atoms with Gasteiger partial charge in [0.2, 0.25) is 0 Å². The van der Waals surface area contributed by atoms with Crippen molar-refractivity contribution in [2.75, 3.05) is 20.7 Å². The molecule has 2 rings (SSSR count). The van der Waals surface area contributed by atoms with Crippen LogP contribution >= 0.6 is 0 Å². The van der Waals surface area contributed by atoms with Crippen LogP contribution in [0.1, 0.15) is 29.5 Å². The minimum Gasteiger partial charge on any atom is -0.494 e. The first-order chi connectivity index (χ1) is 12.2. The first-order valence-corrected chi connectivity index (χ1v) is 8.69. The Balaban J connectivity index is 1.80. The number of unbranched alkanes of at least 4 members (excludes halogenated alkanes) is 1. The maximum absolute atomic E-state index is 8.54. The van der Waals surface area contributed by atoms with Crippen LogP contribution in [0.15, 0.2) is 48.5 Å². The quantitative estimate of drug-likeness (QED) is 0.671. The molecule has 0 aromatic heterocycles. The lowest BCUT2D eigenvalue weighted by Crippen LogP contribution is -2.14. The van der Waals surface area contributed by atoms with Gasteiger partial charge in [-0.1, -0.05) is 36.4 Å². The molecule has 4 nitrogen and oxygen atoms in total. The summed E-state index contributed by atoms with van der Waals surface area (Å²) in [5.74, 6) is 0.866. The smallest absolute Gasteiger partial charge is 0.119 e. The summed E-state index contributed by atoms with van der Waals surface area (Å²) in [6.45, 7) is 3.18. The van der Waals surface area contributed by atoms with Crippen molar-refractivity contribution in [3.8, 4) is 11.8 Å². The van der Waals surface area contributed by atoms with Gasteiger partial charge in [-0.05, 0) is 49.3 Å². The normalized spacial score (nSPS) is 10.6. The fraction of sp³-hybridized carbons (Fsp3) is 0.381. The van der Waals surface area contributed by atoms with Crippen molar-refractivity contribution in [1.29, 1.82) is 5.26 Å². The van der Waals surface area contributed by atoms with E-state index in [0.717, 1.165) is 31.8 Å². The molecule has 0 saturated carbocycles. The van der Waals surface area contributed by atoms with Crippen LogP contribution in [0.2, 0.25) is 0 Å². The molecular formula is C21H27N3O. The van der Waals surface area contributed by atoms with E-state index < -0.39 is 0 Å². The average Bonchev–Trinajstić information content (AvgIpc) is 2.59. The summed E-state index contributed by atoms with van der Waals surface area (Å²) in [4.78, 5) is 2.18. The first kappa shape index (κ1) is 19.0. The van der Waals surface area contributed by atoms with Crippen LogP contribution < -0.4 is 10.1 Å². The van der Waals surface area contributed by atoms with Crippen LogP contribution in [-0.4, -0.2) is 25.6 Å². The van der Waals surface area contributed by atoms with Crippen molar-refractivity contribution in [2.24, 2.45) is 0 Å². The molecule has 0 spiro atoms. The number of benzene rings is 2. The number of hydrogen-bond acceptors (Lipinski definition) is 4. The summed E-state index contributed by atoms with van der Waals surface area (Å²) < 4.78 is 5.68. The van der Waals surface area contributed by atoms with Gasteiger partial charge in [-0.2, -0.15) is 5.26 Å². The summed E-state index contributed by atoms with van der Waals surface area (Å²) in [5.41, 5.74) is 3.82. The van der Waals surface area contributed by atoms with Crippen molar-refractivity contribution in [1.82, 2.24) is 10.2 Å². The predicted molar refractivity (Wildman–Crippen MR) is 101 cm³/mol. The van der Waals surface area contributed by atoms with Crippen LogP contribution in [0.3, 0.4) is 0 Å². The molecule has 1 N–H and O–H groups in total. The topological polar surface area (TPSA) is 48.3 Å². The zero-order valence-electron chi connectivity index (χ0n) is 15.2. The highest BCUT2D eigenvalue weighted by atomic mass is 16.5. The van der Waals surface area contributed by atoms with E-state index in [1.165, 1.54) is 16.7 Å². The summed E-state index contributed by atoms with van der Waals surface area (Å²) in [5, 5.41) is 12.0. The molecule has 25 heavy (non-hydrogen) atoms. The fourth-order valence-corrected chi connectivity index (χ4v) is 2.64. The predicted octanol–water partition coefficient (Wildman–Crippen LogP) is 3.72. The molecule has 132 valence electrons. The lowest BCUT2D eigenvalue weighted by atomic mass is 10.1. The monoisotopic (exact) mass is 337 g/mol. The van der Waals surface area contributed by atoms with Crippen molar-refractivity contribution in [3.63, 3.8) is 0 Å². The standard InChI is InChI=1S/C21H27N3O/c1-24(2)17-20-9-5-7-18(13-20)15-23-16-19-8-6-10-21(14-19)25-12-4-3-11-22/h5-10,13-14,23H,3-4,12,15-17H2,1-2H3. The van der Waals surface area contributed by atoms with Crippen molar-refractivity contribution >= 4 is 0 Å². The Morgan fingerprint density at radius 2 is 1.68 bits per heavy atom. The Morgan fingerprint density at radius 1 is 1.00 bits per heavy atom. The molecule has 2 aromatic carbocycles. The Hall–Kier alpha value is -2.35. The van der Waals surface area contributed by atoms with Crippen molar-refractivity contribution < 1.29 is 4.74 Å². The summed E-state index contributed by atoms with van der Waals surface area (Å²) in [7, 11) is 4.17. The van der Waals surface area contributed by atoms with E-state index in [2.05, 4.69) is 66.8 Å². The molecule has 0 atom stereocenters. The molecule has 0 unspecified atom stereocenters. The van der Waals surface area contributed by atoms with Gasteiger partial charge in [0, 0.05) is 26.1 Å². The minimum atomic E-state index is 0.536. The van der Waals surface area contributed by atoms with Crippen molar-refractivity contribution in [2.45, 2.75) is 32.5 Å². The lowest BCUT2D eigenvalue weighted by molar-refractivity contribution is 0.312. The Kier molecular flexibility index (Phi) is 7.97. The van der Waals surface area contributed by atoms with Gasteiger partial charge in [0.05, 0.1) is 12.7 Å². The molecule has 0 saturated heterocycles. The van der Waals surface area contributed by atoms with Gasteiger partial charge in [-0.15, -0.1) is 0 Å². The van der Waals surface area contributed by atoms with Gasteiger partial charge < -0.3 is 15.0 Å². The SMILES string of the molecule is CN(C)Cc1cccc(CNCc2cccc(OCCCC#N)c2)c1. The van der Waals surface area contributed by atoms with Crippen LogP contribution in [0, 0.1) is 11.3 Å². The van der Waals surface area contributed by atoms with E-state index in [9.17, 15) is 0 Å². The zero-order valence-corrected chi connectivity index (χ0v) is 15.2. The van der Waals surface area contributed by atoms with Gasteiger partial charge in [-0.25, -0.2) is 0 Å². The van der Waals surface area contributed by atoms with Gasteiger partial charge in [-0.3, -0.25) is 0 Å². The van der Waals surface area contributed by atoms with Crippen LogP contribution in [0.25, 0.3) is 0 Å².